The van der Waals surface area contributed by atoms with Crippen molar-refractivity contribution in [1.82, 2.24) is 9.80 Å². The zero-order valence-corrected chi connectivity index (χ0v) is 15.0. The summed E-state index contributed by atoms with van der Waals surface area (Å²) >= 11 is 0. The first-order chi connectivity index (χ1) is 12.9. The molecule has 0 radical (unpaired) electrons. The lowest BCUT2D eigenvalue weighted by atomic mass is 9.85. The number of nitrogens with zero attached hydrogens (tertiary/aromatic N) is 3. The number of carbonyl (C=O) groups excluding carboxylic acids is 4. The van der Waals surface area contributed by atoms with Gasteiger partial charge in [-0.25, -0.2) is 9.69 Å². The highest BCUT2D eigenvalue weighted by molar-refractivity contribution is 6.45. The number of anilines is 1. The van der Waals surface area contributed by atoms with E-state index >= 15 is 0 Å². The quantitative estimate of drug-likeness (QED) is 0.644. The molecule has 1 aromatic carbocycles. The first-order valence-corrected chi connectivity index (χ1v) is 8.91. The molecule has 0 aromatic heterocycles. The summed E-state index contributed by atoms with van der Waals surface area (Å²) in [5, 5.41) is 11.3. The minimum atomic E-state index is -0.965. The Kier molecular flexibility index (Phi) is 5.21. The van der Waals surface area contributed by atoms with Gasteiger partial charge in [0.25, 0.3) is 0 Å². The molecular weight excluding hydrogens is 348 g/mol. The summed E-state index contributed by atoms with van der Waals surface area (Å²) in [6.45, 7) is 1.44. The third-order valence-electron chi connectivity index (χ3n) is 5.08. The molecule has 5 amide bonds. The molecule has 1 saturated heterocycles. The van der Waals surface area contributed by atoms with Crippen LogP contribution in [0.3, 0.4) is 0 Å². The van der Waals surface area contributed by atoms with Gasteiger partial charge in [-0.05, 0) is 43.0 Å². The number of benzene rings is 1. The maximum absolute atomic E-state index is 12.6. The average molecular weight is 368 g/mol. The van der Waals surface area contributed by atoms with E-state index in [1.54, 1.807) is 12.1 Å². The van der Waals surface area contributed by atoms with Crippen LogP contribution in [-0.2, 0) is 14.4 Å². The predicted molar refractivity (Wildman–Crippen MR) is 95.2 cm³/mol. The number of rotatable bonds is 4. The van der Waals surface area contributed by atoms with Crippen molar-refractivity contribution in [1.29, 1.82) is 5.26 Å². The number of nitrogens with one attached hydrogen (secondary N) is 1. The number of hydrogen-bond acceptors (Lipinski definition) is 5. The van der Waals surface area contributed by atoms with Crippen molar-refractivity contribution in [2.24, 2.45) is 5.92 Å². The molecule has 2 fully saturated rings. The Morgan fingerprint density at radius 1 is 1.15 bits per heavy atom. The number of imide groups is 2. The van der Waals surface area contributed by atoms with Gasteiger partial charge in [-0.15, -0.1) is 0 Å². The van der Waals surface area contributed by atoms with Gasteiger partial charge in [0.05, 0.1) is 11.6 Å². The molecule has 8 nitrogen and oxygen atoms in total. The molecule has 2 atom stereocenters. The third-order valence-corrected chi connectivity index (χ3v) is 5.08. The van der Waals surface area contributed by atoms with Crippen LogP contribution in [0, 0.1) is 17.2 Å². The van der Waals surface area contributed by atoms with Crippen LogP contribution in [0.2, 0.25) is 0 Å². The van der Waals surface area contributed by atoms with Gasteiger partial charge in [0, 0.05) is 11.7 Å². The Labute approximate surface area is 156 Å². The summed E-state index contributed by atoms with van der Waals surface area (Å²) < 4.78 is 0. The van der Waals surface area contributed by atoms with Crippen LogP contribution < -0.4 is 5.32 Å². The van der Waals surface area contributed by atoms with Crippen molar-refractivity contribution in [2.75, 3.05) is 11.9 Å². The third kappa shape index (κ3) is 3.67. The van der Waals surface area contributed by atoms with E-state index in [9.17, 15) is 19.2 Å². The molecule has 1 heterocycles. The van der Waals surface area contributed by atoms with Gasteiger partial charge in [0.2, 0.25) is 5.91 Å². The van der Waals surface area contributed by atoms with E-state index in [0.29, 0.717) is 22.6 Å². The highest BCUT2D eigenvalue weighted by Crippen LogP contribution is 2.31. The summed E-state index contributed by atoms with van der Waals surface area (Å²) in [7, 11) is 0. The van der Waals surface area contributed by atoms with E-state index in [0.717, 1.165) is 24.2 Å². The standard InChI is InChI=1S/C19H20N4O4/c1-12-4-2-3-5-15(12)23-18(26)17(25)22(19(23)27)11-16(24)21-14-8-6-13(10-20)7-9-14/h6-9,12,15H,2-5,11H2,1H3,(H,21,24)/t12-,15-/m0/s1. The topological polar surface area (TPSA) is 111 Å². The van der Waals surface area contributed by atoms with Gasteiger partial charge in [-0.3, -0.25) is 19.3 Å². The molecule has 8 heteroatoms. The molecule has 0 bridgehead atoms. The van der Waals surface area contributed by atoms with Crippen molar-refractivity contribution in [2.45, 2.75) is 38.6 Å². The second-order valence-electron chi connectivity index (χ2n) is 6.92. The SMILES string of the molecule is C[C@H]1CCCC[C@@H]1N1C(=O)C(=O)N(CC(=O)Nc2ccc(C#N)cc2)C1=O. The van der Waals surface area contributed by atoms with E-state index in [4.69, 9.17) is 5.26 Å². The summed E-state index contributed by atoms with van der Waals surface area (Å²) in [4.78, 5) is 51.2. The normalized spacial score (nSPS) is 22.7. The molecule has 140 valence electrons. The second kappa shape index (κ2) is 7.58. The van der Waals surface area contributed by atoms with E-state index in [2.05, 4.69) is 5.32 Å². The van der Waals surface area contributed by atoms with Crippen LogP contribution in [0.25, 0.3) is 0 Å². The lowest BCUT2D eigenvalue weighted by Crippen LogP contribution is -2.46. The summed E-state index contributed by atoms with van der Waals surface area (Å²) in [5.41, 5.74) is 0.878. The summed E-state index contributed by atoms with van der Waals surface area (Å²) in [6, 6.07) is 7.12. The second-order valence-corrected chi connectivity index (χ2v) is 6.92. The van der Waals surface area contributed by atoms with Crippen molar-refractivity contribution < 1.29 is 19.2 Å². The predicted octanol–water partition coefficient (Wildman–Crippen LogP) is 1.87. The molecule has 3 rings (SSSR count). The molecule has 1 aromatic rings. The molecule has 1 aliphatic carbocycles. The van der Waals surface area contributed by atoms with E-state index in [-0.39, 0.29) is 12.0 Å². The fourth-order valence-corrected chi connectivity index (χ4v) is 3.61. The van der Waals surface area contributed by atoms with E-state index in [1.807, 2.05) is 13.0 Å². The molecular formula is C19H20N4O4. The van der Waals surface area contributed by atoms with Crippen molar-refractivity contribution >= 4 is 29.4 Å². The van der Waals surface area contributed by atoms with Gasteiger partial charge >= 0.3 is 17.8 Å². The largest absolute Gasteiger partial charge is 0.334 e. The number of amides is 5. The number of nitriles is 1. The highest BCUT2D eigenvalue weighted by atomic mass is 16.2. The zero-order valence-electron chi connectivity index (χ0n) is 15.0. The van der Waals surface area contributed by atoms with Gasteiger partial charge in [-0.2, -0.15) is 5.26 Å². The number of urea groups is 1. The summed E-state index contributed by atoms with van der Waals surface area (Å²) in [6.07, 6.45) is 3.52. The van der Waals surface area contributed by atoms with Gasteiger partial charge in [0.1, 0.15) is 6.54 Å². The van der Waals surface area contributed by atoms with Crippen molar-refractivity contribution in [3.63, 3.8) is 0 Å². The van der Waals surface area contributed by atoms with E-state index in [1.165, 1.54) is 12.1 Å². The van der Waals surface area contributed by atoms with Crippen LogP contribution in [0.15, 0.2) is 24.3 Å². The zero-order chi connectivity index (χ0) is 19.6. The first-order valence-electron chi connectivity index (χ1n) is 8.91. The Balaban J connectivity index is 1.68. The van der Waals surface area contributed by atoms with E-state index < -0.39 is 30.3 Å². The Morgan fingerprint density at radius 3 is 2.44 bits per heavy atom. The van der Waals surface area contributed by atoms with Gasteiger partial charge < -0.3 is 5.32 Å². The molecule has 1 aliphatic heterocycles. The minimum Gasteiger partial charge on any atom is -0.325 e. The van der Waals surface area contributed by atoms with Gasteiger partial charge in [0.15, 0.2) is 0 Å². The molecule has 0 spiro atoms. The maximum Gasteiger partial charge on any atom is 0.334 e. The molecule has 1 N–H and O–H groups in total. The first kappa shape index (κ1) is 18.6. The molecule has 27 heavy (non-hydrogen) atoms. The Morgan fingerprint density at radius 2 is 1.81 bits per heavy atom. The maximum atomic E-state index is 12.6. The van der Waals surface area contributed by atoms with Crippen molar-refractivity contribution in [3.05, 3.63) is 29.8 Å². The lowest BCUT2D eigenvalue weighted by molar-refractivity contribution is -0.145. The monoisotopic (exact) mass is 368 g/mol. The van der Waals surface area contributed by atoms with Crippen LogP contribution in [0.1, 0.15) is 38.2 Å². The average Bonchev–Trinajstić information content (AvgIpc) is 2.86. The molecule has 1 saturated carbocycles. The van der Waals surface area contributed by atoms with Crippen molar-refractivity contribution in [3.8, 4) is 6.07 Å². The fourth-order valence-electron chi connectivity index (χ4n) is 3.61. The lowest BCUT2D eigenvalue weighted by Gasteiger charge is -2.34. The number of carbonyl (C=O) groups is 4. The summed E-state index contributed by atoms with van der Waals surface area (Å²) in [5.74, 6) is -2.28. The Bertz CT molecular complexity index is 827. The number of hydrogen-bond donors (Lipinski definition) is 1. The smallest absolute Gasteiger partial charge is 0.325 e. The molecule has 0 unspecified atom stereocenters. The Hall–Kier alpha value is -3.21. The minimum absolute atomic E-state index is 0.131. The van der Waals surface area contributed by atoms with Gasteiger partial charge in [-0.1, -0.05) is 19.8 Å². The van der Waals surface area contributed by atoms with Crippen LogP contribution in [0.5, 0.6) is 0 Å². The molecule has 2 aliphatic rings. The van der Waals surface area contributed by atoms with Crippen LogP contribution in [-0.4, -0.2) is 46.1 Å². The van der Waals surface area contributed by atoms with Crippen LogP contribution in [0.4, 0.5) is 10.5 Å². The van der Waals surface area contributed by atoms with Crippen LogP contribution >= 0.6 is 0 Å². The fraction of sp³-hybridized carbons (Fsp3) is 0.421. The highest BCUT2D eigenvalue weighted by Gasteiger charge is 2.49.